The number of piperidine rings is 1. The number of rotatable bonds is 4. The first-order valence-electron chi connectivity index (χ1n) is 7.72. The van der Waals surface area contributed by atoms with Crippen LogP contribution in [0.4, 0.5) is 0 Å². The lowest BCUT2D eigenvalue weighted by molar-refractivity contribution is 0.0937. The lowest BCUT2D eigenvalue weighted by Crippen LogP contribution is -2.42. The molecule has 4 heteroatoms. The van der Waals surface area contributed by atoms with E-state index in [0.717, 1.165) is 37.0 Å². The van der Waals surface area contributed by atoms with Gasteiger partial charge in [-0.1, -0.05) is 31.5 Å². The summed E-state index contributed by atoms with van der Waals surface area (Å²) in [6, 6.07) is 5.53. The molecule has 1 heterocycles. The van der Waals surface area contributed by atoms with E-state index in [1.165, 1.54) is 6.42 Å². The third-order valence-electron chi connectivity index (χ3n) is 4.03. The maximum atomic E-state index is 12.1. The smallest absolute Gasteiger partial charge is 0.252 e. The third-order valence-corrected chi connectivity index (χ3v) is 4.34. The summed E-state index contributed by atoms with van der Waals surface area (Å²) in [5.74, 6) is 1.41. The van der Waals surface area contributed by atoms with E-state index in [0.29, 0.717) is 17.1 Å². The Morgan fingerprint density at radius 3 is 2.62 bits per heavy atom. The Balaban J connectivity index is 1.81. The molecule has 1 aromatic rings. The first kappa shape index (κ1) is 16.3. The van der Waals surface area contributed by atoms with Crippen molar-refractivity contribution in [3.05, 3.63) is 34.3 Å². The molecule has 1 amide bonds. The summed E-state index contributed by atoms with van der Waals surface area (Å²) in [7, 11) is 0. The van der Waals surface area contributed by atoms with E-state index in [-0.39, 0.29) is 5.91 Å². The van der Waals surface area contributed by atoms with Crippen LogP contribution in [0.25, 0.3) is 0 Å². The summed E-state index contributed by atoms with van der Waals surface area (Å²) in [6.07, 6.45) is 1.31. The fraction of sp³-hybridized carbons (Fsp3) is 0.588. The van der Waals surface area contributed by atoms with Gasteiger partial charge in [-0.05, 0) is 42.9 Å². The van der Waals surface area contributed by atoms with Crippen LogP contribution in [0.1, 0.15) is 36.2 Å². The number of benzene rings is 1. The minimum Gasteiger partial charge on any atom is -0.351 e. The number of halogens is 1. The molecule has 1 aliphatic rings. The van der Waals surface area contributed by atoms with E-state index < -0.39 is 0 Å². The van der Waals surface area contributed by atoms with Gasteiger partial charge in [0.15, 0.2) is 0 Å². The van der Waals surface area contributed by atoms with Crippen LogP contribution in [0.2, 0.25) is 5.02 Å². The molecule has 1 aliphatic heterocycles. The normalized spacial score (nSPS) is 23.0. The van der Waals surface area contributed by atoms with Crippen molar-refractivity contribution in [2.75, 3.05) is 26.2 Å². The lowest BCUT2D eigenvalue weighted by atomic mass is 9.92. The molecule has 0 aromatic heterocycles. The average Bonchev–Trinajstić information content (AvgIpc) is 2.37. The summed E-state index contributed by atoms with van der Waals surface area (Å²) >= 11 is 6.12. The highest BCUT2D eigenvalue weighted by Gasteiger charge is 2.21. The maximum absolute atomic E-state index is 12.1. The highest BCUT2D eigenvalue weighted by atomic mass is 35.5. The van der Waals surface area contributed by atoms with Gasteiger partial charge in [0.05, 0.1) is 10.6 Å². The highest BCUT2D eigenvalue weighted by molar-refractivity contribution is 6.33. The van der Waals surface area contributed by atoms with Crippen molar-refractivity contribution in [1.82, 2.24) is 10.2 Å². The van der Waals surface area contributed by atoms with Crippen molar-refractivity contribution in [3.63, 3.8) is 0 Å². The van der Waals surface area contributed by atoms with E-state index >= 15 is 0 Å². The van der Waals surface area contributed by atoms with E-state index in [1.807, 2.05) is 19.1 Å². The van der Waals surface area contributed by atoms with Crippen LogP contribution in [0.3, 0.4) is 0 Å². The SMILES string of the molecule is Cc1ccc(C(=O)NCCN2C[C@H](C)C[C@@H](C)C2)c(Cl)c1. The minimum atomic E-state index is -0.0851. The Labute approximate surface area is 132 Å². The van der Waals surface area contributed by atoms with Crippen LogP contribution in [-0.4, -0.2) is 37.0 Å². The largest absolute Gasteiger partial charge is 0.351 e. The van der Waals surface area contributed by atoms with Crippen molar-refractivity contribution in [2.24, 2.45) is 11.8 Å². The van der Waals surface area contributed by atoms with Crippen molar-refractivity contribution >= 4 is 17.5 Å². The van der Waals surface area contributed by atoms with Gasteiger partial charge < -0.3 is 10.2 Å². The third kappa shape index (κ3) is 4.72. The van der Waals surface area contributed by atoms with Gasteiger partial charge in [-0.25, -0.2) is 0 Å². The molecule has 1 fully saturated rings. The molecule has 2 atom stereocenters. The first-order valence-corrected chi connectivity index (χ1v) is 8.10. The number of hydrogen-bond acceptors (Lipinski definition) is 2. The van der Waals surface area contributed by atoms with Crippen LogP contribution in [-0.2, 0) is 0 Å². The second kappa shape index (κ2) is 7.28. The summed E-state index contributed by atoms with van der Waals surface area (Å²) in [5.41, 5.74) is 1.62. The van der Waals surface area contributed by atoms with Gasteiger partial charge in [0.2, 0.25) is 0 Å². The second-order valence-electron chi connectivity index (χ2n) is 6.44. The molecule has 0 saturated carbocycles. The van der Waals surface area contributed by atoms with Gasteiger partial charge in [-0.3, -0.25) is 4.79 Å². The minimum absolute atomic E-state index is 0.0851. The summed E-state index contributed by atoms with van der Waals surface area (Å²) < 4.78 is 0. The fourth-order valence-corrected chi connectivity index (χ4v) is 3.52. The zero-order valence-corrected chi connectivity index (χ0v) is 13.9. The molecule has 1 saturated heterocycles. The molecular formula is C17H25ClN2O. The number of hydrogen-bond donors (Lipinski definition) is 1. The number of carbonyl (C=O) groups excluding carboxylic acids is 1. The molecule has 3 nitrogen and oxygen atoms in total. The second-order valence-corrected chi connectivity index (χ2v) is 6.85. The lowest BCUT2D eigenvalue weighted by Gasteiger charge is -2.34. The predicted octanol–water partition coefficient (Wildman–Crippen LogP) is 3.36. The van der Waals surface area contributed by atoms with Crippen LogP contribution in [0, 0.1) is 18.8 Å². The molecule has 21 heavy (non-hydrogen) atoms. The molecule has 116 valence electrons. The molecule has 0 aliphatic carbocycles. The van der Waals surface area contributed by atoms with Gasteiger partial charge in [-0.15, -0.1) is 0 Å². The zero-order chi connectivity index (χ0) is 15.4. The van der Waals surface area contributed by atoms with Crippen molar-refractivity contribution < 1.29 is 4.79 Å². The van der Waals surface area contributed by atoms with E-state index in [9.17, 15) is 4.79 Å². The van der Waals surface area contributed by atoms with Crippen molar-refractivity contribution in [1.29, 1.82) is 0 Å². The number of aryl methyl sites for hydroxylation is 1. The monoisotopic (exact) mass is 308 g/mol. The number of nitrogens with one attached hydrogen (secondary N) is 1. The molecular weight excluding hydrogens is 284 g/mol. The standard InChI is InChI=1S/C17H25ClN2O/c1-12-4-5-15(16(18)9-12)17(21)19-6-7-20-10-13(2)8-14(3)11-20/h4-5,9,13-14H,6-8,10-11H2,1-3H3,(H,19,21)/t13-,14-/m1/s1. The average molecular weight is 309 g/mol. The Bertz CT molecular complexity index is 494. The Hall–Kier alpha value is -1.06. The molecule has 0 spiro atoms. The van der Waals surface area contributed by atoms with Gasteiger partial charge in [0.25, 0.3) is 5.91 Å². The van der Waals surface area contributed by atoms with E-state index in [4.69, 9.17) is 11.6 Å². The molecule has 0 unspecified atom stereocenters. The molecule has 1 aromatic carbocycles. The summed E-state index contributed by atoms with van der Waals surface area (Å²) in [4.78, 5) is 14.6. The molecule has 2 rings (SSSR count). The van der Waals surface area contributed by atoms with Gasteiger partial charge in [0.1, 0.15) is 0 Å². The summed E-state index contributed by atoms with van der Waals surface area (Å²) in [5, 5.41) is 3.49. The number of likely N-dealkylation sites (tertiary alicyclic amines) is 1. The maximum Gasteiger partial charge on any atom is 0.252 e. The first-order chi connectivity index (χ1) is 9.95. The van der Waals surface area contributed by atoms with Crippen molar-refractivity contribution in [3.8, 4) is 0 Å². The molecule has 1 N–H and O–H groups in total. The number of nitrogens with zero attached hydrogens (tertiary/aromatic N) is 1. The van der Waals surface area contributed by atoms with Gasteiger partial charge >= 0.3 is 0 Å². The highest BCUT2D eigenvalue weighted by Crippen LogP contribution is 2.20. The topological polar surface area (TPSA) is 32.3 Å². The fourth-order valence-electron chi connectivity index (χ4n) is 3.20. The van der Waals surface area contributed by atoms with Crippen LogP contribution < -0.4 is 5.32 Å². The van der Waals surface area contributed by atoms with E-state index in [2.05, 4.69) is 24.1 Å². The van der Waals surface area contributed by atoms with Crippen molar-refractivity contribution in [2.45, 2.75) is 27.2 Å². The van der Waals surface area contributed by atoms with Crippen LogP contribution >= 0.6 is 11.6 Å². The number of carbonyl (C=O) groups is 1. The Kier molecular flexibility index (Phi) is 5.65. The predicted molar refractivity (Wildman–Crippen MR) is 87.9 cm³/mol. The number of amides is 1. The van der Waals surface area contributed by atoms with Crippen LogP contribution in [0.5, 0.6) is 0 Å². The Morgan fingerprint density at radius 1 is 1.33 bits per heavy atom. The van der Waals surface area contributed by atoms with Gasteiger partial charge in [0, 0.05) is 26.2 Å². The van der Waals surface area contributed by atoms with Gasteiger partial charge in [-0.2, -0.15) is 0 Å². The van der Waals surface area contributed by atoms with E-state index in [1.54, 1.807) is 6.07 Å². The zero-order valence-electron chi connectivity index (χ0n) is 13.2. The Morgan fingerprint density at radius 2 is 2.00 bits per heavy atom. The van der Waals surface area contributed by atoms with Crippen LogP contribution in [0.15, 0.2) is 18.2 Å². The summed E-state index contributed by atoms with van der Waals surface area (Å²) in [6.45, 7) is 10.4. The molecule has 0 radical (unpaired) electrons. The molecule has 0 bridgehead atoms. The quantitative estimate of drug-likeness (QED) is 0.925.